The molecule has 0 saturated heterocycles. The highest BCUT2D eigenvalue weighted by molar-refractivity contribution is 9.05. The lowest BCUT2D eigenvalue weighted by Crippen LogP contribution is -2.46. The Bertz CT molecular complexity index is 899. The van der Waals surface area contributed by atoms with Crippen molar-refractivity contribution in [1.82, 2.24) is 0 Å². The second-order valence-corrected chi connectivity index (χ2v) is 7.37. The zero-order chi connectivity index (χ0) is 21.8. The van der Waals surface area contributed by atoms with Crippen molar-refractivity contribution in [3.8, 4) is 5.75 Å². The molecular weight excluding hydrogens is 444 g/mol. The molecule has 0 aliphatic carbocycles. The monoisotopic (exact) mass is 466 g/mol. The first kappa shape index (κ1) is 22.8. The highest BCUT2D eigenvalue weighted by Gasteiger charge is 2.37. The van der Waals surface area contributed by atoms with Crippen LogP contribution in [-0.2, 0) is 17.6 Å². The maximum Gasteiger partial charge on any atom is 0.296 e. The van der Waals surface area contributed by atoms with E-state index in [0.717, 1.165) is 11.1 Å². The minimum Gasteiger partial charge on any atom is -0.485 e. The number of aryl methyl sites for hydroxylation is 1. The first-order chi connectivity index (χ1) is 13.7. The molecule has 156 valence electrons. The average Bonchev–Trinajstić information content (AvgIpc) is 2.66. The quantitative estimate of drug-likeness (QED) is 0.468. The summed E-state index contributed by atoms with van der Waals surface area (Å²) < 4.78 is 12.5. The highest BCUT2D eigenvalue weighted by atomic mass is 79.9. The third-order valence-corrected chi connectivity index (χ3v) is 4.72. The van der Waals surface area contributed by atoms with Crippen molar-refractivity contribution in [3.63, 3.8) is 0 Å². The Kier molecular flexibility index (Phi) is 7.34. The SMILES string of the molecule is Cc1ccc(CC(=O)Nc2cc3c(cc2[N+](=O)[O-])OC(C)(C)C(O)C3)cc1.OBr. The van der Waals surface area contributed by atoms with Crippen LogP contribution in [0.4, 0.5) is 11.4 Å². The molecule has 0 aromatic heterocycles. The summed E-state index contributed by atoms with van der Waals surface area (Å²) in [5, 5.41) is 24.3. The number of nitrogens with zero attached hydrogens (tertiary/aromatic N) is 1. The fraction of sp³-hybridized carbons (Fsp3) is 0.350. The Labute approximate surface area is 177 Å². The lowest BCUT2D eigenvalue weighted by Gasteiger charge is -2.37. The number of ether oxygens (including phenoxy) is 1. The molecule has 0 bridgehead atoms. The van der Waals surface area contributed by atoms with Gasteiger partial charge < -0.3 is 19.4 Å². The Morgan fingerprint density at radius 2 is 1.93 bits per heavy atom. The third kappa shape index (κ3) is 5.53. The number of carbonyl (C=O) groups is 1. The number of aliphatic hydroxyl groups is 1. The fourth-order valence-electron chi connectivity index (χ4n) is 3.01. The lowest BCUT2D eigenvalue weighted by molar-refractivity contribution is -0.384. The maximum atomic E-state index is 12.4. The first-order valence-corrected chi connectivity index (χ1v) is 9.57. The van der Waals surface area contributed by atoms with E-state index in [1.165, 1.54) is 12.1 Å². The normalized spacial score (nSPS) is 16.6. The van der Waals surface area contributed by atoms with Gasteiger partial charge in [-0.2, -0.15) is 0 Å². The highest BCUT2D eigenvalue weighted by Crippen LogP contribution is 2.39. The van der Waals surface area contributed by atoms with Gasteiger partial charge in [0.25, 0.3) is 5.69 Å². The molecule has 8 nitrogen and oxygen atoms in total. The molecule has 29 heavy (non-hydrogen) atoms. The number of hydrogen-bond donors (Lipinski definition) is 3. The van der Waals surface area contributed by atoms with Crippen LogP contribution in [0.5, 0.6) is 5.75 Å². The van der Waals surface area contributed by atoms with Gasteiger partial charge in [0, 0.05) is 6.42 Å². The van der Waals surface area contributed by atoms with Crippen LogP contribution in [0.1, 0.15) is 30.5 Å². The van der Waals surface area contributed by atoms with Gasteiger partial charge in [-0.25, -0.2) is 0 Å². The molecule has 3 N–H and O–H groups in total. The second kappa shape index (κ2) is 9.34. The number of amides is 1. The zero-order valence-electron chi connectivity index (χ0n) is 16.3. The van der Waals surface area contributed by atoms with Gasteiger partial charge in [0.15, 0.2) is 0 Å². The average molecular weight is 467 g/mol. The van der Waals surface area contributed by atoms with E-state index in [0.29, 0.717) is 17.7 Å². The predicted molar refractivity (Wildman–Crippen MR) is 112 cm³/mol. The number of fused-ring (bicyclic) bond motifs is 1. The summed E-state index contributed by atoms with van der Waals surface area (Å²) in [6.45, 7) is 5.41. The van der Waals surface area contributed by atoms with Gasteiger partial charge in [0.05, 0.1) is 39.8 Å². The molecule has 2 aromatic carbocycles. The molecule has 0 radical (unpaired) electrons. The number of nitrogens with one attached hydrogen (secondary N) is 1. The zero-order valence-corrected chi connectivity index (χ0v) is 17.9. The molecule has 0 spiro atoms. The Hall–Kier alpha value is -2.49. The standard InChI is InChI=1S/C20H22N2O5.BrHO/c1-12-4-6-13(7-5-12)8-19(24)21-15-9-14-10-18(23)20(2,3)27-17(14)11-16(15)22(25)26;1-2/h4-7,9,11,18,23H,8,10H2,1-3H3,(H,21,24);2H. The molecule has 1 unspecified atom stereocenters. The summed E-state index contributed by atoms with van der Waals surface area (Å²) >= 11 is 1.94. The molecule has 1 amide bonds. The number of rotatable bonds is 4. The van der Waals surface area contributed by atoms with E-state index in [9.17, 15) is 20.0 Å². The van der Waals surface area contributed by atoms with E-state index < -0.39 is 16.6 Å². The number of benzene rings is 2. The Morgan fingerprint density at radius 1 is 1.31 bits per heavy atom. The van der Waals surface area contributed by atoms with Crippen molar-refractivity contribution >= 4 is 33.5 Å². The van der Waals surface area contributed by atoms with Crippen LogP contribution in [0, 0.1) is 17.0 Å². The molecule has 1 heterocycles. The van der Waals surface area contributed by atoms with Crippen LogP contribution in [-0.4, -0.2) is 31.8 Å². The molecule has 3 rings (SSSR count). The first-order valence-electron chi connectivity index (χ1n) is 8.86. The number of aliphatic hydroxyl groups excluding tert-OH is 1. The topological polar surface area (TPSA) is 122 Å². The van der Waals surface area contributed by atoms with E-state index in [2.05, 4.69) is 5.32 Å². The predicted octanol–water partition coefficient (Wildman–Crippen LogP) is 3.45. The van der Waals surface area contributed by atoms with Crippen LogP contribution in [0.3, 0.4) is 0 Å². The van der Waals surface area contributed by atoms with Gasteiger partial charge in [-0.05, 0) is 38.0 Å². The van der Waals surface area contributed by atoms with E-state index in [1.807, 2.05) is 47.4 Å². The van der Waals surface area contributed by atoms with Crippen molar-refractivity contribution in [3.05, 3.63) is 63.2 Å². The molecular formula is C20H23BrN2O6. The molecule has 2 aromatic rings. The van der Waals surface area contributed by atoms with E-state index >= 15 is 0 Å². The van der Waals surface area contributed by atoms with Crippen LogP contribution < -0.4 is 10.1 Å². The summed E-state index contributed by atoms with van der Waals surface area (Å²) in [7, 11) is 0. The van der Waals surface area contributed by atoms with Crippen LogP contribution >= 0.6 is 16.3 Å². The largest absolute Gasteiger partial charge is 0.485 e. The molecule has 9 heteroatoms. The van der Waals surface area contributed by atoms with Gasteiger partial charge >= 0.3 is 0 Å². The minimum atomic E-state index is -0.836. The van der Waals surface area contributed by atoms with Gasteiger partial charge in [-0.15, -0.1) is 0 Å². The van der Waals surface area contributed by atoms with Crippen LogP contribution in [0.25, 0.3) is 0 Å². The summed E-state index contributed by atoms with van der Waals surface area (Å²) in [5.74, 6) is 0.00745. The van der Waals surface area contributed by atoms with Gasteiger partial charge in [0.2, 0.25) is 5.91 Å². The number of anilines is 1. The summed E-state index contributed by atoms with van der Waals surface area (Å²) in [5.41, 5.74) is 1.56. The van der Waals surface area contributed by atoms with E-state index in [1.54, 1.807) is 13.8 Å². The molecule has 1 aliphatic heterocycles. The van der Waals surface area contributed by atoms with Gasteiger partial charge in [0.1, 0.15) is 17.0 Å². The smallest absolute Gasteiger partial charge is 0.296 e. The van der Waals surface area contributed by atoms with E-state index in [-0.39, 0.29) is 23.7 Å². The van der Waals surface area contributed by atoms with Gasteiger partial charge in [-0.3, -0.25) is 14.9 Å². The molecule has 1 aliphatic rings. The number of nitro benzene ring substituents is 1. The molecule has 0 fully saturated rings. The maximum absolute atomic E-state index is 12.4. The Morgan fingerprint density at radius 3 is 2.52 bits per heavy atom. The lowest BCUT2D eigenvalue weighted by atomic mass is 9.90. The van der Waals surface area contributed by atoms with Crippen molar-refractivity contribution in [1.29, 1.82) is 0 Å². The Balaban J connectivity index is 0.00000145. The number of halogens is 1. The van der Waals surface area contributed by atoms with Crippen molar-refractivity contribution in [2.24, 2.45) is 0 Å². The summed E-state index contributed by atoms with van der Waals surface area (Å²) in [6.07, 6.45) is -0.343. The van der Waals surface area contributed by atoms with E-state index in [4.69, 9.17) is 8.93 Å². The van der Waals surface area contributed by atoms with Gasteiger partial charge in [-0.1, -0.05) is 29.8 Å². The van der Waals surface area contributed by atoms with Crippen molar-refractivity contribution in [2.45, 2.75) is 45.3 Å². The summed E-state index contributed by atoms with van der Waals surface area (Å²) in [6, 6.07) is 10.3. The summed E-state index contributed by atoms with van der Waals surface area (Å²) in [4.78, 5) is 23.3. The fourth-order valence-corrected chi connectivity index (χ4v) is 3.01. The number of hydrogen-bond acceptors (Lipinski definition) is 6. The second-order valence-electron chi connectivity index (χ2n) is 7.37. The minimum absolute atomic E-state index is 0.103. The number of nitro groups is 1. The van der Waals surface area contributed by atoms with Crippen LogP contribution in [0.15, 0.2) is 36.4 Å². The molecule has 1 atom stereocenters. The molecule has 0 saturated carbocycles. The van der Waals surface area contributed by atoms with Crippen LogP contribution in [0.2, 0.25) is 0 Å². The van der Waals surface area contributed by atoms with Crippen molar-refractivity contribution in [2.75, 3.05) is 5.32 Å². The third-order valence-electron chi connectivity index (χ3n) is 4.72. The number of carbonyl (C=O) groups excluding carboxylic acids is 1. The van der Waals surface area contributed by atoms with Crippen molar-refractivity contribution < 1.29 is 23.8 Å².